The number of aryl methyl sites for hydroxylation is 1. The van der Waals surface area contributed by atoms with Crippen LogP contribution >= 0.6 is 0 Å². The molecule has 1 saturated heterocycles. The lowest BCUT2D eigenvalue weighted by atomic mass is 10.0. The summed E-state index contributed by atoms with van der Waals surface area (Å²) in [7, 11) is 3.65. The summed E-state index contributed by atoms with van der Waals surface area (Å²) in [5.41, 5.74) is 5.94. The lowest BCUT2D eigenvalue weighted by Gasteiger charge is -2.33. The Balaban J connectivity index is 1.42. The van der Waals surface area contributed by atoms with Crippen LogP contribution in [-0.4, -0.2) is 73.9 Å². The highest BCUT2D eigenvalue weighted by Gasteiger charge is 2.23. The summed E-state index contributed by atoms with van der Waals surface area (Å²) in [5.74, 6) is 0.588. The van der Waals surface area contributed by atoms with Crippen molar-refractivity contribution in [1.29, 1.82) is 0 Å². The first-order chi connectivity index (χ1) is 17.4. The molecule has 0 radical (unpaired) electrons. The lowest BCUT2D eigenvalue weighted by molar-refractivity contribution is -0.129. The van der Waals surface area contributed by atoms with Crippen molar-refractivity contribution >= 4 is 23.5 Å². The molecule has 1 aliphatic rings. The fraction of sp³-hybridized carbons (Fsp3) is 0.346. The third-order valence-corrected chi connectivity index (χ3v) is 6.55. The van der Waals surface area contributed by atoms with Crippen LogP contribution in [0.4, 0.5) is 5.82 Å². The van der Waals surface area contributed by atoms with Crippen LogP contribution in [-0.2, 0) is 11.8 Å². The highest BCUT2D eigenvalue weighted by atomic mass is 16.3. The zero-order valence-electron chi connectivity index (χ0n) is 20.7. The maximum absolute atomic E-state index is 11.8. The van der Waals surface area contributed by atoms with Gasteiger partial charge in [0, 0.05) is 85.8 Å². The van der Waals surface area contributed by atoms with E-state index in [9.17, 15) is 9.90 Å². The van der Waals surface area contributed by atoms with E-state index in [1.165, 1.54) is 6.92 Å². The maximum Gasteiger partial charge on any atom is 0.248 e. The summed E-state index contributed by atoms with van der Waals surface area (Å²) in [5, 5.41) is 21.2. The Kier molecular flexibility index (Phi) is 6.51. The van der Waals surface area contributed by atoms with Crippen LogP contribution in [0.15, 0.2) is 54.2 Å². The van der Waals surface area contributed by atoms with Gasteiger partial charge in [-0.1, -0.05) is 0 Å². The molecule has 186 valence electrons. The van der Waals surface area contributed by atoms with Gasteiger partial charge in [-0.3, -0.25) is 14.5 Å². The number of anilines is 1. The van der Waals surface area contributed by atoms with Crippen molar-refractivity contribution in [2.45, 2.75) is 31.9 Å². The van der Waals surface area contributed by atoms with E-state index in [2.05, 4.69) is 37.5 Å². The molecule has 0 saturated carbocycles. The van der Waals surface area contributed by atoms with Crippen LogP contribution in [0.2, 0.25) is 0 Å². The van der Waals surface area contributed by atoms with Crippen LogP contribution in [0.5, 0.6) is 0 Å². The van der Waals surface area contributed by atoms with Crippen molar-refractivity contribution in [3.63, 3.8) is 0 Å². The minimum absolute atomic E-state index is 0.0756. The molecule has 1 amide bonds. The normalized spacial score (nSPS) is 15.6. The SMILES string of the molecule is CN=Cc1cnn2cc(-c3cnn(C)c3)cc(-c3ccc(N4CCC(NC(=O)[C@@H](C)O)CC4)nc3)c12. The highest BCUT2D eigenvalue weighted by molar-refractivity contribution is 5.97. The van der Waals surface area contributed by atoms with Gasteiger partial charge in [-0.2, -0.15) is 10.2 Å². The maximum atomic E-state index is 11.8. The monoisotopic (exact) mass is 486 g/mol. The van der Waals surface area contributed by atoms with Crippen molar-refractivity contribution in [1.82, 2.24) is 29.7 Å². The van der Waals surface area contributed by atoms with Gasteiger partial charge in [0.15, 0.2) is 0 Å². The van der Waals surface area contributed by atoms with E-state index in [1.54, 1.807) is 11.7 Å². The smallest absolute Gasteiger partial charge is 0.248 e. The molecule has 10 heteroatoms. The van der Waals surface area contributed by atoms with Gasteiger partial charge in [-0.05, 0) is 38.0 Å². The van der Waals surface area contributed by atoms with E-state index in [4.69, 9.17) is 4.98 Å². The van der Waals surface area contributed by atoms with Gasteiger partial charge in [0.1, 0.15) is 11.9 Å². The van der Waals surface area contributed by atoms with Gasteiger partial charge in [0.2, 0.25) is 5.91 Å². The number of nitrogens with zero attached hydrogens (tertiary/aromatic N) is 7. The molecule has 0 aromatic carbocycles. The second kappa shape index (κ2) is 9.90. The van der Waals surface area contributed by atoms with Gasteiger partial charge in [0.05, 0.1) is 17.9 Å². The fourth-order valence-electron chi connectivity index (χ4n) is 4.63. The summed E-state index contributed by atoms with van der Waals surface area (Å²) < 4.78 is 3.67. The number of aromatic nitrogens is 5. The molecular weight excluding hydrogens is 456 g/mol. The third kappa shape index (κ3) is 4.72. The molecule has 1 fully saturated rings. The molecule has 0 aliphatic carbocycles. The first-order valence-electron chi connectivity index (χ1n) is 12.1. The molecule has 1 aliphatic heterocycles. The number of piperidine rings is 1. The van der Waals surface area contributed by atoms with Crippen molar-refractivity contribution in [2.24, 2.45) is 12.0 Å². The number of amides is 1. The minimum Gasteiger partial charge on any atom is -0.384 e. The van der Waals surface area contributed by atoms with Crippen LogP contribution in [0, 0.1) is 0 Å². The Morgan fingerprint density at radius 2 is 1.94 bits per heavy atom. The summed E-state index contributed by atoms with van der Waals surface area (Å²) in [6.07, 6.45) is 12.0. The Labute approximate surface area is 209 Å². The quantitative estimate of drug-likeness (QED) is 0.405. The summed E-state index contributed by atoms with van der Waals surface area (Å²) >= 11 is 0. The summed E-state index contributed by atoms with van der Waals surface area (Å²) in [6, 6.07) is 6.35. The molecule has 0 spiro atoms. The van der Waals surface area contributed by atoms with Gasteiger partial charge in [0.25, 0.3) is 0 Å². The molecule has 36 heavy (non-hydrogen) atoms. The largest absolute Gasteiger partial charge is 0.384 e. The van der Waals surface area contributed by atoms with Crippen LogP contribution < -0.4 is 10.2 Å². The first-order valence-corrected chi connectivity index (χ1v) is 12.1. The number of rotatable bonds is 6. The van der Waals surface area contributed by atoms with Crippen LogP contribution in [0.25, 0.3) is 27.8 Å². The zero-order chi connectivity index (χ0) is 25.2. The molecule has 4 aromatic heterocycles. The van der Waals surface area contributed by atoms with Crippen molar-refractivity contribution < 1.29 is 9.90 Å². The molecule has 1 atom stereocenters. The number of hydrogen-bond donors (Lipinski definition) is 2. The van der Waals surface area contributed by atoms with Crippen molar-refractivity contribution in [3.8, 4) is 22.3 Å². The number of pyridine rings is 2. The molecule has 0 bridgehead atoms. The van der Waals surface area contributed by atoms with Crippen LogP contribution in [0.1, 0.15) is 25.3 Å². The Bertz CT molecular complexity index is 1400. The molecule has 5 heterocycles. The first kappa shape index (κ1) is 23.7. The highest BCUT2D eigenvalue weighted by Crippen LogP contribution is 2.32. The van der Waals surface area contributed by atoms with Gasteiger partial charge in [-0.25, -0.2) is 9.50 Å². The van der Waals surface area contributed by atoms with Crippen molar-refractivity contribution in [2.75, 3.05) is 25.0 Å². The zero-order valence-corrected chi connectivity index (χ0v) is 20.7. The molecule has 4 aromatic rings. The van der Waals surface area contributed by atoms with Gasteiger partial charge >= 0.3 is 0 Å². The number of aliphatic hydroxyl groups excluding tert-OH is 1. The third-order valence-electron chi connectivity index (χ3n) is 6.55. The molecule has 2 N–H and O–H groups in total. The van der Waals surface area contributed by atoms with Gasteiger partial charge < -0.3 is 15.3 Å². The summed E-state index contributed by atoms with van der Waals surface area (Å²) in [6.45, 7) is 3.06. The second-order valence-corrected chi connectivity index (χ2v) is 9.18. The Morgan fingerprint density at radius 1 is 1.14 bits per heavy atom. The number of aliphatic imine (C=N–C) groups is 1. The number of nitrogens with one attached hydrogen (secondary N) is 1. The van der Waals surface area contributed by atoms with E-state index < -0.39 is 6.10 Å². The molecule has 5 rings (SSSR count). The lowest BCUT2D eigenvalue weighted by Crippen LogP contribution is -2.47. The number of carbonyl (C=O) groups is 1. The topological polar surface area (TPSA) is 113 Å². The molecule has 10 nitrogen and oxygen atoms in total. The fourth-order valence-corrected chi connectivity index (χ4v) is 4.63. The summed E-state index contributed by atoms with van der Waals surface area (Å²) in [4.78, 5) is 23.0. The number of carbonyl (C=O) groups excluding carboxylic acids is 1. The predicted molar refractivity (Wildman–Crippen MR) is 139 cm³/mol. The average Bonchev–Trinajstić information content (AvgIpc) is 3.50. The van der Waals surface area contributed by atoms with Crippen molar-refractivity contribution in [3.05, 3.63) is 54.7 Å². The molecular formula is C26H30N8O2. The van der Waals surface area contributed by atoms with E-state index in [-0.39, 0.29) is 11.9 Å². The van der Waals surface area contributed by atoms with E-state index in [0.29, 0.717) is 0 Å². The predicted octanol–water partition coefficient (Wildman–Crippen LogP) is 2.31. The second-order valence-electron chi connectivity index (χ2n) is 9.18. The minimum atomic E-state index is -0.986. The Morgan fingerprint density at radius 3 is 2.58 bits per heavy atom. The molecule has 0 unspecified atom stereocenters. The van der Waals surface area contributed by atoms with Crippen LogP contribution in [0.3, 0.4) is 0 Å². The van der Waals surface area contributed by atoms with Gasteiger partial charge in [-0.15, -0.1) is 0 Å². The number of hydrogen-bond acceptors (Lipinski definition) is 7. The average molecular weight is 487 g/mol. The standard InChI is InChI=1S/C26H30N8O2/c1-17(35)26(36)31-22-6-8-33(9-7-22)24-5-4-18(12-28-24)23-10-19(21-14-29-32(3)15-21)16-34-25(23)20(11-27-2)13-30-34/h4-5,10-17,22,35H,6-9H2,1-3H3,(H,31,36)/t17-/m1/s1. The van der Waals surface area contributed by atoms with E-state index >= 15 is 0 Å². The van der Waals surface area contributed by atoms with E-state index in [0.717, 1.165) is 65.1 Å². The number of aliphatic hydroxyl groups is 1. The number of fused-ring (bicyclic) bond motifs is 1. The Hall–Kier alpha value is -4.05. The van der Waals surface area contributed by atoms with E-state index in [1.807, 2.05) is 54.8 Å².